The van der Waals surface area contributed by atoms with Crippen LogP contribution in [-0.2, 0) is 14.9 Å². The van der Waals surface area contributed by atoms with E-state index in [9.17, 15) is 13.2 Å². The van der Waals surface area contributed by atoms with Gasteiger partial charge in [-0.15, -0.1) is 6.42 Å². The number of rotatable bonds is 5. The Morgan fingerprint density at radius 1 is 1.42 bits per heavy atom. The van der Waals surface area contributed by atoms with Crippen LogP contribution in [0.3, 0.4) is 0 Å². The Hall–Kier alpha value is -1.88. The molecule has 0 atom stereocenters. The second-order valence-corrected chi connectivity index (χ2v) is 5.31. The molecule has 19 heavy (non-hydrogen) atoms. The third-order valence-electron chi connectivity index (χ3n) is 2.34. The van der Waals surface area contributed by atoms with E-state index in [1.165, 1.54) is 38.4 Å². The van der Waals surface area contributed by atoms with E-state index in [0.29, 0.717) is 5.56 Å². The van der Waals surface area contributed by atoms with Gasteiger partial charge >= 0.3 is 0 Å². The minimum absolute atomic E-state index is 0.0411. The maximum atomic E-state index is 11.7. The van der Waals surface area contributed by atoms with Crippen molar-refractivity contribution in [1.29, 1.82) is 0 Å². The van der Waals surface area contributed by atoms with E-state index in [-0.39, 0.29) is 17.3 Å². The number of terminal acetylenes is 1. The fraction of sp³-hybridized carbons (Fsp3) is 0.250. The van der Waals surface area contributed by atoms with Crippen molar-refractivity contribution >= 4 is 15.9 Å². The topological polar surface area (TPSA) is 75.7 Å². The van der Waals surface area contributed by atoms with Crippen LogP contribution in [0.2, 0.25) is 0 Å². The molecule has 1 amide bonds. The first kappa shape index (κ1) is 15.2. The highest BCUT2D eigenvalue weighted by Crippen LogP contribution is 2.11. The van der Waals surface area contributed by atoms with Gasteiger partial charge in [-0.05, 0) is 24.3 Å². The largest absolute Gasteiger partial charge is 0.277 e. The van der Waals surface area contributed by atoms with Crippen LogP contribution in [0.5, 0.6) is 0 Å². The summed E-state index contributed by atoms with van der Waals surface area (Å²) in [5.41, 5.74) is 0.320. The molecule has 0 aliphatic rings. The van der Waals surface area contributed by atoms with Gasteiger partial charge in [-0.25, -0.2) is 13.5 Å². The highest BCUT2D eigenvalue weighted by Gasteiger charge is 2.15. The molecule has 0 saturated carbocycles. The number of nitrogens with one attached hydrogen (secondary N) is 1. The molecule has 0 aliphatic carbocycles. The minimum atomic E-state index is -3.64. The quantitative estimate of drug-likeness (QED) is 0.619. The molecule has 0 heterocycles. The lowest BCUT2D eigenvalue weighted by Gasteiger charge is -2.13. The summed E-state index contributed by atoms with van der Waals surface area (Å²) in [6.07, 6.45) is 4.99. The smallest absolute Gasteiger partial charge is 0.274 e. The molecule has 0 aliphatic heterocycles. The number of hydrogen-bond acceptors (Lipinski definition) is 4. The molecule has 1 rings (SSSR count). The Morgan fingerprint density at radius 3 is 2.47 bits per heavy atom. The molecule has 102 valence electrons. The average molecular weight is 282 g/mol. The van der Waals surface area contributed by atoms with E-state index < -0.39 is 10.0 Å². The Labute approximate surface area is 112 Å². The molecule has 1 aromatic carbocycles. The van der Waals surface area contributed by atoms with Crippen molar-refractivity contribution < 1.29 is 18.0 Å². The van der Waals surface area contributed by atoms with Crippen LogP contribution in [0, 0.1) is 12.3 Å². The van der Waals surface area contributed by atoms with E-state index in [0.717, 1.165) is 5.06 Å². The fourth-order valence-electron chi connectivity index (χ4n) is 1.26. The van der Waals surface area contributed by atoms with Crippen LogP contribution in [0.1, 0.15) is 10.4 Å². The van der Waals surface area contributed by atoms with Gasteiger partial charge in [-0.2, -0.15) is 4.72 Å². The number of hydrogen-bond donors (Lipinski definition) is 1. The maximum absolute atomic E-state index is 11.7. The predicted molar refractivity (Wildman–Crippen MR) is 69.6 cm³/mol. The summed E-state index contributed by atoms with van der Waals surface area (Å²) in [4.78, 5) is 16.5. The molecule has 0 fully saturated rings. The van der Waals surface area contributed by atoms with Gasteiger partial charge in [0.2, 0.25) is 10.0 Å². The molecule has 0 spiro atoms. The van der Waals surface area contributed by atoms with E-state index in [1.54, 1.807) is 0 Å². The lowest BCUT2D eigenvalue weighted by molar-refractivity contribution is -0.0757. The second kappa shape index (κ2) is 6.33. The number of carbonyl (C=O) groups excluding carboxylic acids is 1. The molecule has 7 heteroatoms. The normalized spacial score (nSPS) is 10.8. The average Bonchev–Trinajstić information content (AvgIpc) is 2.43. The first-order valence-electron chi connectivity index (χ1n) is 5.27. The van der Waals surface area contributed by atoms with Gasteiger partial charge in [-0.1, -0.05) is 5.92 Å². The zero-order valence-electron chi connectivity index (χ0n) is 10.6. The number of amides is 1. The van der Waals surface area contributed by atoms with Crippen molar-refractivity contribution in [3.05, 3.63) is 29.8 Å². The van der Waals surface area contributed by atoms with Gasteiger partial charge in [0, 0.05) is 12.6 Å². The van der Waals surface area contributed by atoms with Crippen molar-refractivity contribution in [1.82, 2.24) is 9.79 Å². The third kappa shape index (κ3) is 3.79. The Morgan fingerprint density at radius 2 is 2.00 bits per heavy atom. The molecule has 1 N–H and O–H groups in total. The van der Waals surface area contributed by atoms with Crippen molar-refractivity contribution in [2.75, 3.05) is 20.7 Å². The second-order valence-electron chi connectivity index (χ2n) is 3.54. The molecule has 0 saturated heterocycles. The maximum Gasteiger partial charge on any atom is 0.277 e. The Kier molecular flexibility index (Phi) is 5.06. The van der Waals surface area contributed by atoms with Crippen molar-refractivity contribution in [2.24, 2.45) is 0 Å². The lowest BCUT2D eigenvalue weighted by Crippen LogP contribution is -2.26. The van der Waals surface area contributed by atoms with Crippen LogP contribution in [0.4, 0.5) is 0 Å². The fourth-order valence-corrected chi connectivity index (χ4v) is 2.20. The number of hydroxylamine groups is 2. The van der Waals surface area contributed by atoms with Gasteiger partial charge in [0.1, 0.15) is 0 Å². The summed E-state index contributed by atoms with van der Waals surface area (Å²) in [5.74, 6) is 1.81. The monoisotopic (exact) mass is 282 g/mol. The summed E-state index contributed by atoms with van der Waals surface area (Å²) in [6, 6.07) is 5.47. The molecule has 6 nitrogen and oxygen atoms in total. The van der Waals surface area contributed by atoms with Crippen LogP contribution < -0.4 is 4.72 Å². The Bertz CT molecular complexity index is 587. The van der Waals surface area contributed by atoms with Crippen LogP contribution in [-0.4, -0.2) is 40.1 Å². The summed E-state index contributed by atoms with van der Waals surface area (Å²) < 4.78 is 25.7. The van der Waals surface area contributed by atoms with Crippen molar-refractivity contribution in [3.63, 3.8) is 0 Å². The first-order chi connectivity index (χ1) is 8.92. The number of nitrogens with zero attached hydrogens (tertiary/aromatic N) is 1. The van der Waals surface area contributed by atoms with Gasteiger partial charge in [0.05, 0.1) is 18.6 Å². The van der Waals surface area contributed by atoms with Crippen molar-refractivity contribution in [3.8, 4) is 12.3 Å². The zero-order chi connectivity index (χ0) is 14.5. The van der Waals surface area contributed by atoms with Gasteiger partial charge in [-0.3, -0.25) is 9.63 Å². The molecular formula is C12H14N2O4S. The predicted octanol–water partition coefficient (Wildman–Crippen LogP) is 0.231. The first-order valence-corrected chi connectivity index (χ1v) is 6.76. The Balaban J connectivity index is 2.94. The van der Waals surface area contributed by atoms with Gasteiger partial charge in [0.25, 0.3) is 5.91 Å². The zero-order valence-corrected chi connectivity index (χ0v) is 11.4. The summed E-state index contributed by atoms with van der Waals surface area (Å²) in [7, 11) is -0.818. The highest BCUT2D eigenvalue weighted by molar-refractivity contribution is 7.89. The van der Waals surface area contributed by atoms with E-state index in [1.807, 2.05) is 0 Å². The van der Waals surface area contributed by atoms with E-state index in [2.05, 4.69) is 10.6 Å². The number of sulfonamides is 1. The van der Waals surface area contributed by atoms with E-state index >= 15 is 0 Å². The minimum Gasteiger partial charge on any atom is -0.274 e. The molecular weight excluding hydrogens is 268 g/mol. The third-order valence-corrected chi connectivity index (χ3v) is 3.75. The number of benzene rings is 1. The number of carbonyl (C=O) groups is 1. The lowest BCUT2D eigenvalue weighted by atomic mass is 10.2. The molecule has 0 unspecified atom stereocenters. The molecule has 1 aromatic rings. The van der Waals surface area contributed by atoms with Crippen molar-refractivity contribution in [2.45, 2.75) is 4.90 Å². The molecule has 0 bridgehead atoms. The van der Waals surface area contributed by atoms with Gasteiger partial charge in [0.15, 0.2) is 0 Å². The summed E-state index contributed by atoms with van der Waals surface area (Å²) in [5, 5.41) is 1.04. The van der Waals surface area contributed by atoms with Crippen LogP contribution in [0.25, 0.3) is 0 Å². The summed E-state index contributed by atoms with van der Waals surface area (Å²) in [6.45, 7) is -0.0879. The highest BCUT2D eigenvalue weighted by atomic mass is 32.2. The molecule has 0 radical (unpaired) electrons. The van der Waals surface area contributed by atoms with Crippen LogP contribution >= 0.6 is 0 Å². The summed E-state index contributed by atoms with van der Waals surface area (Å²) >= 11 is 0. The van der Waals surface area contributed by atoms with E-state index in [4.69, 9.17) is 11.3 Å². The van der Waals surface area contributed by atoms with Gasteiger partial charge < -0.3 is 0 Å². The standard InChI is InChI=1S/C12H14N2O4S/c1-4-9-13-19(16,17)11-7-5-10(6-8-11)12(15)14(2)18-3/h1,5-8,13H,9H2,2-3H3. The molecule has 0 aromatic heterocycles. The van der Waals surface area contributed by atoms with Crippen LogP contribution in [0.15, 0.2) is 29.2 Å². The SMILES string of the molecule is C#CCNS(=O)(=O)c1ccc(C(=O)N(C)OC)cc1.